The highest BCUT2D eigenvalue weighted by molar-refractivity contribution is 5.64. The lowest BCUT2D eigenvalue weighted by molar-refractivity contribution is 0.0739. The van der Waals surface area contributed by atoms with Crippen molar-refractivity contribution in [2.45, 2.75) is 57.5 Å². The van der Waals surface area contributed by atoms with Gasteiger partial charge in [0.25, 0.3) is 0 Å². The Kier molecular flexibility index (Phi) is 5.08. The first-order valence-corrected chi connectivity index (χ1v) is 12.4. The molecule has 1 saturated carbocycles. The van der Waals surface area contributed by atoms with Crippen LogP contribution in [0.4, 0.5) is 8.78 Å². The van der Waals surface area contributed by atoms with Crippen molar-refractivity contribution in [2.24, 2.45) is 5.41 Å². The van der Waals surface area contributed by atoms with E-state index >= 15 is 0 Å². The first-order valence-electron chi connectivity index (χ1n) is 12.4. The van der Waals surface area contributed by atoms with E-state index < -0.39 is 22.7 Å². The molecule has 6 rings (SSSR count). The molecule has 0 spiro atoms. The monoisotopic (exact) mass is 499 g/mol. The standard InChI is InChI=1S/C29H27F2N5O/c1-27(2)18-10-11-29(27,26-17(18)12-21(35-36-26)25-19(30)6-5-7-20(25)31)24-15-32-14-22(34-24)16-8-9-23(33-13-16)28(3,4)37/h5-9,12-15,18,37H,10-11H2,1-4H3/t18-,29-/m0/s1. The molecule has 0 aliphatic heterocycles. The van der Waals surface area contributed by atoms with E-state index in [2.05, 4.69) is 34.0 Å². The number of halogens is 2. The van der Waals surface area contributed by atoms with Gasteiger partial charge in [0.2, 0.25) is 0 Å². The van der Waals surface area contributed by atoms with E-state index in [0.29, 0.717) is 11.4 Å². The second-order valence-corrected chi connectivity index (χ2v) is 11.1. The summed E-state index contributed by atoms with van der Waals surface area (Å²) in [7, 11) is 0. The van der Waals surface area contributed by atoms with Crippen molar-refractivity contribution in [1.29, 1.82) is 0 Å². The maximum atomic E-state index is 14.5. The summed E-state index contributed by atoms with van der Waals surface area (Å²) in [5.41, 5.74) is 2.81. The predicted molar refractivity (Wildman–Crippen MR) is 134 cm³/mol. The Morgan fingerprint density at radius 2 is 1.73 bits per heavy atom. The minimum Gasteiger partial charge on any atom is -0.384 e. The molecular formula is C29H27F2N5O. The van der Waals surface area contributed by atoms with Crippen molar-refractivity contribution < 1.29 is 13.9 Å². The van der Waals surface area contributed by atoms with Gasteiger partial charge in [-0.2, -0.15) is 5.10 Å². The van der Waals surface area contributed by atoms with Crippen LogP contribution in [0.5, 0.6) is 0 Å². The van der Waals surface area contributed by atoms with Crippen LogP contribution in [0.2, 0.25) is 0 Å². The molecule has 2 aliphatic rings. The Morgan fingerprint density at radius 1 is 0.973 bits per heavy atom. The summed E-state index contributed by atoms with van der Waals surface area (Å²) in [5, 5.41) is 19.1. The smallest absolute Gasteiger partial charge is 0.135 e. The summed E-state index contributed by atoms with van der Waals surface area (Å²) in [6.45, 7) is 7.78. The molecule has 37 heavy (non-hydrogen) atoms. The zero-order chi connectivity index (χ0) is 26.2. The SMILES string of the molecule is CC(C)(O)c1ccc(-c2cncc([C@@]34CC[C@@H](c5cc(-c6c(F)cccc6F)nnc53)C4(C)C)n2)cn1. The van der Waals surface area contributed by atoms with Gasteiger partial charge in [0, 0.05) is 18.0 Å². The molecule has 3 aromatic heterocycles. The summed E-state index contributed by atoms with van der Waals surface area (Å²) < 4.78 is 29.0. The van der Waals surface area contributed by atoms with E-state index in [1.807, 2.05) is 6.07 Å². The van der Waals surface area contributed by atoms with Gasteiger partial charge in [-0.15, -0.1) is 5.10 Å². The number of benzene rings is 1. The normalized spacial score (nSPS) is 21.8. The molecule has 0 unspecified atom stereocenters. The van der Waals surface area contributed by atoms with E-state index in [9.17, 15) is 13.9 Å². The van der Waals surface area contributed by atoms with Gasteiger partial charge in [-0.25, -0.2) is 13.8 Å². The summed E-state index contributed by atoms with van der Waals surface area (Å²) in [4.78, 5) is 14.0. The van der Waals surface area contributed by atoms with Crippen LogP contribution < -0.4 is 0 Å². The molecule has 0 amide bonds. The van der Waals surface area contributed by atoms with Crippen LogP contribution in [0.15, 0.2) is 55.0 Å². The molecule has 6 nitrogen and oxygen atoms in total. The van der Waals surface area contributed by atoms with Crippen molar-refractivity contribution in [3.05, 3.63) is 89.3 Å². The van der Waals surface area contributed by atoms with E-state index in [0.717, 1.165) is 35.4 Å². The van der Waals surface area contributed by atoms with Gasteiger partial charge in [-0.3, -0.25) is 9.97 Å². The Labute approximate surface area is 213 Å². The van der Waals surface area contributed by atoms with E-state index in [4.69, 9.17) is 4.98 Å². The van der Waals surface area contributed by atoms with E-state index in [1.54, 1.807) is 44.6 Å². The van der Waals surface area contributed by atoms with Crippen molar-refractivity contribution in [2.75, 3.05) is 0 Å². The number of nitrogens with zero attached hydrogens (tertiary/aromatic N) is 5. The van der Waals surface area contributed by atoms with Crippen LogP contribution >= 0.6 is 0 Å². The summed E-state index contributed by atoms with van der Waals surface area (Å²) >= 11 is 0. The number of pyridine rings is 1. The van der Waals surface area contributed by atoms with Gasteiger partial charge in [0.15, 0.2) is 0 Å². The highest BCUT2D eigenvalue weighted by atomic mass is 19.1. The lowest BCUT2D eigenvalue weighted by Crippen LogP contribution is -2.38. The van der Waals surface area contributed by atoms with Gasteiger partial charge < -0.3 is 5.11 Å². The fourth-order valence-corrected chi connectivity index (χ4v) is 6.37. The first kappa shape index (κ1) is 23.7. The summed E-state index contributed by atoms with van der Waals surface area (Å²) in [6.07, 6.45) is 6.91. The van der Waals surface area contributed by atoms with E-state index in [1.165, 1.54) is 18.2 Å². The van der Waals surface area contributed by atoms with Crippen LogP contribution in [-0.2, 0) is 11.0 Å². The first-order chi connectivity index (χ1) is 17.5. The largest absolute Gasteiger partial charge is 0.384 e. The minimum atomic E-state index is -1.04. The molecule has 2 aliphatic carbocycles. The van der Waals surface area contributed by atoms with Gasteiger partial charge in [0.1, 0.15) is 17.2 Å². The molecule has 2 bridgehead atoms. The highest BCUT2D eigenvalue weighted by Gasteiger charge is 2.65. The highest BCUT2D eigenvalue weighted by Crippen LogP contribution is 2.69. The lowest BCUT2D eigenvalue weighted by atomic mass is 9.66. The fraction of sp³-hybridized carbons (Fsp3) is 0.345. The zero-order valence-electron chi connectivity index (χ0n) is 21.1. The molecule has 3 heterocycles. The van der Waals surface area contributed by atoms with Crippen molar-refractivity contribution >= 4 is 0 Å². The lowest BCUT2D eigenvalue weighted by Gasteiger charge is -2.37. The quantitative estimate of drug-likeness (QED) is 0.388. The molecule has 2 atom stereocenters. The molecule has 1 fully saturated rings. The third-order valence-electron chi connectivity index (χ3n) is 8.36. The number of fused-ring (bicyclic) bond motifs is 5. The maximum absolute atomic E-state index is 14.5. The number of rotatable bonds is 4. The Bertz CT molecular complexity index is 1510. The third-order valence-corrected chi connectivity index (χ3v) is 8.36. The Balaban J connectivity index is 1.46. The van der Waals surface area contributed by atoms with Crippen molar-refractivity contribution in [3.63, 3.8) is 0 Å². The molecule has 4 aromatic rings. The molecule has 188 valence electrons. The topological polar surface area (TPSA) is 84.7 Å². The molecule has 1 aromatic carbocycles. The van der Waals surface area contributed by atoms with Gasteiger partial charge in [0.05, 0.1) is 45.6 Å². The van der Waals surface area contributed by atoms with Gasteiger partial charge in [-0.1, -0.05) is 19.9 Å². The summed E-state index contributed by atoms with van der Waals surface area (Å²) in [5.74, 6) is -1.17. The zero-order valence-corrected chi connectivity index (χ0v) is 21.1. The molecule has 0 saturated heterocycles. The number of hydrogen-bond donors (Lipinski definition) is 1. The second kappa shape index (κ2) is 7.92. The van der Waals surface area contributed by atoms with Gasteiger partial charge >= 0.3 is 0 Å². The van der Waals surface area contributed by atoms with Crippen LogP contribution in [0, 0.1) is 17.0 Å². The number of aliphatic hydroxyl groups is 1. The molecular weight excluding hydrogens is 472 g/mol. The maximum Gasteiger partial charge on any atom is 0.135 e. The number of hydrogen-bond acceptors (Lipinski definition) is 6. The number of aromatic nitrogens is 5. The average molecular weight is 500 g/mol. The Morgan fingerprint density at radius 3 is 2.41 bits per heavy atom. The van der Waals surface area contributed by atoms with Gasteiger partial charge in [-0.05, 0) is 73.9 Å². The van der Waals surface area contributed by atoms with Crippen LogP contribution in [0.1, 0.15) is 69.1 Å². The average Bonchev–Trinajstić information content (AvgIpc) is 3.24. The molecule has 1 N–H and O–H groups in total. The van der Waals surface area contributed by atoms with Crippen molar-refractivity contribution in [1.82, 2.24) is 25.1 Å². The minimum absolute atomic E-state index is 0.143. The molecule has 0 radical (unpaired) electrons. The van der Waals surface area contributed by atoms with Crippen molar-refractivity contribution in [3.8, 4) is 22.5 Å². The fourth-order valence-electron chi connectivity index (χ4n) is 6.37. The molecule has 8 heteroatoms. The van der Waals surface area contributed by atoms with E-state index in [-0.39, 0.29) is 22.6 Å². The summed E-state index contributed by atoms with van der Waals surface area (Å²) in [6, 6.07) is 9.27. The Hall–Kier alpha value is -3.65. The third kappa shape index (κ3) is 3.35. The van der Waals surface area contributed by atoms with Crippen LogP contribution in [0.3, 0.4) is 0 Å². The predicted octanol–water partition coefficient (Wildman–Crippen LogP) is 5.70. The second-order valence-electron chi connectivity index (χ2n) is 11.1. The van der Waals surface area contributed by atoms with Crippen LogP contribution in [0.25, 0.3) is 22.5 Å². The van der Waals surface area contributed by atoms with Crippen LogP contribution in [-0.4, -0.2) is 30.3 Å².